The molecule has 2 aliphatic rings. The molecule has 2 aliphatic carbocycles. The van der Waals surface area contributed by atoms with Crippen molar-refractivity contribution in [3.05, 3.63) is 23.8 Å². The van der Waals surface area contributed by atoms with E-state index in [1.165, 1.54) is 0 Å². The Bertz CT molecular complexity index is 754. The Morgan fingerprint density at radius 1 is 1.17 bits per heavy atom. The Balaban J connectivity index is 1.83. The van der Waals surface area contributed by atoms with E-state index in [1.54, 1.807) is 14.2 Å². The van der Waals surface area contributed by atoms with Crippen LogP contribution in [0.2, 0.25) is 0 Å². The third-order valence-electron chi connectivity index (χ3n) is 6.22. The van der Waals surface area contributed by atoms with E-state index in [2.05, 4.69) is 4.99 Å². The first-order chi connectivity index (χ1) is 14.0. The fraction of sp³-hybridized carbons (Fsp3) is 0.591. The van der Waals surface area contributed by atoms with Gasteiger partial charge in [-0.1, -0.05) is 6.07 Å². The van der Waals surface area contributed by atoms with Crippen LogP contribution in [0.3, 0.4) is 0 Å². The number of benzene rings is 1. The minimum atomic E-state index is -0.723. The predicted octanol–water partition coefficient (Wildman–Crippen LogP) is 3.38. The van der Waals surface area contributed by atoms with Gasteiger partial charge in [0.1, 0.15) is 12.2 Å². The molecular weight excluding hydrogens is 374 g/mol. The van der Waals surface area contributed by atoms with Gasteiger partial charge in [0.25, 0.3) is 6.47 Å². The maximum atomic E-state index is 11.4. The zero-order valence-corrected chi connectivity index (χ0v) is 17.0. The molecule has 2 atom stereocenters. The second-order valence-electron chi connectivity index (χ2n) is 7.93. The van der Waals surface area contributed by atoms with Gasteiger partial charge < -0.3 is 19.3 Å². The number of carbonyl (C=O) groups is 2. The maximum absolute atomic E-state index is 11.4. The van der Waals surface area contributed by atoms with Crippen molar-refractivity contribution in [3.8, 4) is 11.5 Å². The van der Waals surface area contributed by atoms with Gasteiger partial charge >= 0.3 is 5.97 Å². The average molecular weight is 403 g/mol. The topological polar surface area (TPSA) is 94.4 Å². The van der Waals surface area contributed by atoms with Crippen molar-refractivity contribution in [3.63, 3.8) is 0 Å². The highest BCUT2D eigenvalue weighted by atomic mass is 16.5. The summed E-state index contributed by atoms with van der Waals surface area (Å²) in [5, 5.41) is 9.34. The second-order valence-corrected chi connectivity index (χ2v) is 7.93. The molecule has 0 heterocycles. The minimum absolute atomic E-state index is 0.0392. The molecule has 1 aromatic rings. The number of carboxylic acid groups (broad SMARTS) is 1. The van der Waals surface area contributed by atoms with Crippen LogP contribution < -0.4 is 9.47 Å². The molecule has 0 saturated heterocycles. The number of methoxy groups -OCH3 is 1. The van der Waals surface area contributed by atoms with E-state index in [-0.39, 0.29) is 23.5 Å². The number of aliphatic imine (C=N–C) groups is 1. The Morgan fingerprint density at radius 2 is 1.90 bits per heavy atom. The van der Waals surface area contributed by atoms with Gasteiger partial charge in [0.05, 0.1) is 13.0 Å². The van der Waals surface area contributed by atoms with Gasteiger partial charge in [0, 0.05) is 25.1 Å². The molecule has 0 aliphatic heterocycles. The second kappa shape index (κ2) is 9.29. The lowest BCUT2D eigenvalue weighted by molar-refractivity contribution is -0.143. The SMILES string of the molecule is CN=CC1(c2ccc(OC)c(O[C@H]3CCC(OC=O)C3)c2)CCC(C(=O)O)CC1. The quantitative estimate of drug-likeness (QED) is 0.528. The maximum Gasteiger partial charge on any atom is 0.306 e. The molecule has 0 bridgehead atoms. The third kappa shape index (κ3) is 4.71. The smallest absolute Gasteiger partial charge is 0.306 e. The third-order valence-corrected chi connectivity index (χ3v) is 6.22. The number of hydrogen-bond acceptors (Lipinski definition) is 6. The lowest BCUT2D eigenvalue weighted by Crippen LogP contribution is -2.35. The van der Waals surface area contributed by atoms with E-state index < -0.39 is 5.97 Å². The summed E-state index contributed by atoms with van der Waals surface area (Å²) in [6.45, 7) is 0.496. The molecule has 1 unspecified atom stereocenters. The van der Waals surface area contributed by atoms with Gasteiger partial charge in [-0.15, -0.1) is 0 Å². The zero-order valence-electron chi connectivity index (χ0n) is 17.0. The largest absolute Gasteiger partial charge is 0.493 e. The monoisotopic (exact) mass is 403 g/mol. The fourth-order valence-corrected chi connectivity index (χ4v) is 4.59. The van der Waals surface area contributed by atoms with Crippen molar-refractivity contribution in [1.82, 2.24) is 0 Å². The first-order valence-electron chi connectivity index (χ1n) is 10.1. The summed E-state index contributed by atoms with van der Waals surface area (Å²) in [7, 11) is 3.35. The van der Waals surface area contributed by atoms with Crippen molar-refractivity contribution < 1.29 is 28.9 Å². The van der Waals surface area contributed by atoms with Crippen LogP contribution in [0.1, 0.15) is 50.5 Å². The average Bonchev–Trinajstić information content (AvgIpc) is 3.16. The lowest BCUT2D eigenvalue weighted by atomic mass is 9.67. The summed E-state index contributed by atoms with van der Waals surface area (Å²) in [6, 6.07) is 5.91. The molecule has 1 N–H and O–H groups in total. The number of carbonyl (C=O) groups excluding carboxylic acids is 1. The fourth-order valence-electron chi connectivity index (χ4n) is 4.59. The van der Waals surface area contributed by atoms with Gasteiger partial charge in [-0.2, -0.15) is 0 Å². The Morgan fingerprint density at radius 3 is 2.52 bits per heavy atom. The molecule has 0 aromatic heterocycles. The van der Waals surface area contributed by atoms with Crippen molar-refractivity contribution in [1.29, 1.82) is 0 Å². The number of nitrogens with zero attached hydrogens (tertiary/aromatic N) is 1. The van der Waals surface area contributed by atoms with Crippen LogP contribution in [-0.2, 0) is 19.7 Å². The van der Waals surface area contributed by atoms with E-state index in [9.17, 15) is 14.7 Å². The van der Waals surface area contributed by atoms with Crippen LogP contribution in [0.4, 0.5) is 0 Å². The predicted molar refractivity (Wildman–Crippen MR) is 108 cm³/mol. The first-order valence-corrected chi connectivity index (χ1v) is 10.1. The Kier molecular flexibility index (Phi) is 6.77. The van der Waals surface area contributed by atoms with Crippen LogP contribution >= 0.6 is 0 Å². The van der Waals surface area contributed by atoms with Crippen LogP contribution in [0.25, 0.3) is 0 Å². The van der Waals surface area contributed by atoms with Gasteiger partial charge in [0.15, 0.2) is 11.5 Å². The molecule has 7 nitrogen and oxygen atoms in total. The van der Waals surface area contributed by atoms with Gasteiger partial charge in [-0.05, 0) is 56.2 Å². The summed E-state index contributed by atoms with van der Waals surface area (Å²) in [4.78, 5) is 26.2. The van der Waals surface area contributed by atoms with Crippen molar-refractivity contribution in [2.24, 2.45) is 10.9 Å². The number of aliphatic carboxylic acids is 1. The van der Waals surface area contributed by atoms with Gasteiger partial charge in [-0.25, -0.2) is 0 Å². The summed E-state index contributed by atoms with van der Waals surface area (Å²) < 4.78 is 16.8. The van der Waals surface area contributed by atoms with E-state index in [1.807, 2.05) is 24.4 Å². The highest BCUT2D eigenvalue weighted by Gasteiger charge is 2.38. The van der Waals surface area contributed by atoms with Gasteiger partial charge in [-0.3, -0.25) is 14.6 Å². The number of carboxylic acids is 1. The van der Waals surface area contributed by atoms with Crippen molar-refractivity contribution >= 4 is 18.7 Å². The highest BCUT2D eigenvalue weighted by molar-refractivity contribution is 5.76. The van der Waals surface area contributed by atoms with Crippen LogP contribution in [0, 0.1) is 5.92 Å². The summed E-state index contributed by atoms with van der Waals surface area (Å²) >= 11 is 0. The number of hydrogen-bond donors (Lipinski definition) is 1. The molecule has 2 fully saturated rings. The Hall–Kier alpha value is -2.57. The molecular formula is C22H29NO6. The van der Waals surface area contributed by atoms with E-state index in [0.717, 1.165) is 31.2 Å². The Labute approximate surface area is 171 Å². The van der Waals surface area contributed by atoms with Crippen LogP contribution in [0.5, 0.6) is 11.5 Å². The number of ether oxygens (including phenoxy) is 3. The highest BCUT2D eigenvalue weighted by Crippen LogP contribution is 2.43. The number of rotatable bonds is 8. The van der Waals surface area contributed by atoms with E-state index in [4.69, 9.17) is 14.2 Å². The molecule has 0 spiro atoms. The molecule has 3 rings (SSSR count). The summed E-state index contributed by atoms with van der Waals surface area (Å²) in [6.07, 6.45) is 6.76. The van der Waals surface area contributed by atoms with Gasteiger partial charge in [0.2, 0.25) is 0 Å². The molecule has 29 heavy (non-hydrogen) atoms. The van der Waals surface area contributed by atoms with Crippen molar-refractivity contribution in [2.75, 3.05) is 14.2 Å². The normalized spacial score (nSPS) is 29.5. The summed E-state index contributed by atoms with van der Waals surface area (Å²) in [5.74, 6) is 0.289. The van der Waals surface area contributed by atoms with Crippen LogP contribution in [-0.4, -0.2) is 50.1 Å². The molecule has 0 radical (unpaired) electrons. The molecule has 1 aromatic carbocycles. The molecule has 2 saturated carbocycles. The van der Waals surface area contributed by atoms with E-state index >= 15 is 0 Å². The van der Waals surface area contributed by atoms with Crippen LogP contribution in [0.15, 0.2) is 23.2 Å². The standard InChI is InChI=1S/C22H29NO6/c1-23-13-22(9-7-15(8-10-22)21(25)26)16-3-6-19(27-2)20(11-16)29-18-5-4-17(12-18)28-14-24/h3,6,11,13-15,17-18H,4-5,7-10,12H2,1-2H3,(H,25,26)/t15?,17?,18-,22?/m0/s1. The van der Waals surface area contributed by atoms with Crippen molar-refractivity contribution in [2.45, 2.75) is 62.6 Å². The molecule has 0 amide bonds. The zero-order chi connectivity index (χ0) is 20.9. The summed E-state index contributed by atoms with van der Waals surface area (Å²) in [5.41, 5.74) is 0.755. The molecule has 158 valence electrons. The minimum Gasteiger partial charge on any atom is -0.493 e. The lowest BCUT2D eigenvalue weighted by Gasteiger charge is -2.37. The van der Waals surface area contributed by atoms with E-state index in [0.29, 0.717) is 37.2 Å². The molecule has 7 heteroatoms. The first kappa shape index (κ1) is 21.1.